The molecule has 0 radical (unpaired) electrons. The van der Waals surface area contributed by atoms with E-state index in [4.69, 9.17) is 11.6 Å². The second kappa shape index (κ2) is 11.9. The van der Waals surface area contributed by atoms with Crippen LogP contribution in [0, 0.1) is 17.1 Å². The molecule has 0 unspecified atom stereocenters. The molecule has 3 aromatic rings. The normalized spacial score (nSPS) is 17.7. The highest BCUT2D eigenvalue weighted by atomic mass is 35.5. The van der Waals surface area contributed by atoms with Crippen molar-refractivity contribution >= 4 is 23.2 Å². The molecule has 0 atom stereocenters. The summed E-state index contributed by atoms with van der Waals surface area (Å²) < 4.78 is 13.6. The lowest BCUT2D eigenvalue weighted by molar-refractivity contribution is -0.119. The summed E-state index contributed by atoms with van der Waals surface area (Å²) in [7, 11) is 2.02. The Balaban J connectivity index is 1.37. The first-order valence-electron chi connectivity index (χ1n) is 13.7. The van der Waals surface area contributed by atoms with Crippen molar-refractivity contribution in [3.8, 4) is 17.2 Å². The lowest BCUT2D eigenvalue weighted by Gasteiger charge is -2.49. The lowest BCUT2D eigenvalue weighted by Crippen LogP contribution is -2.54. The number of likely N-dealkylation sites (N-methyl/N-ethyl adjacent to an activating group) is 1. The fourth-order valence-electron chi connectivity index (χ4n) is 6.30. The zero-order valence-corrected chi connectivity index (χ0v) is 23.1. The Morgan fingerprint density at radius 3 is 2.46 bits per heavy atom. The molecule has 2 aliphatic rings. The van der Waals surface area contributed by atoms with Gasteiger partial charge in [-0.25, -0.2) is 4.39 Å². The molecule has 7 heteroatoms. The fourth-order valence-corrected chi connectivity index (χ4v) is 6.48. The van der Waals surface area contributed by atoms with Crippen LogP contribution in [0.25, 0.3) is 11.1 Å². The van der Waals surface area contributed by atoms with Gasteiger partial charge >= 0.3 is 0 Å². The van der Waals surface area contributed by atoms with Gasteiger partial charge in [0.25, 0.3) is 0 Å². The summed E-state index contributed by atoms with van der Waals surface area (Å²) in [6.07, 6.45) is 7.05. The molecule has 2 fully saturated rings. The molecule has 202 valence electrons. The SMILES string of the molecule is CN(CC(=O)Nc1ccc(F)c(Cl)c1)C1(c2ccc(-c3cccc(C#N)c3)cc2)CCN(C2CCCC2)CC1. The zero-order chi connectivity index (χ0) is 27.4. The van der Waals surface area contributed by atoms with Crippen LogP contribution >= 0.6 is 11.6 Å². The Labute approximate surface area is 235 Å². The number of anilines is 1. The van der Waals surface area contributed by atoms with Gasteiger partial charge in [0, 0.05) is 30.4 Å². The van der Waals surface area contributed by atoms with Crippen molar-refractivity contribution in [3.05, 3.63) is 88.7 Å². The van der Waals surface area contributed by atoms with Crippen LogP contribution in [-0.2, 0) is 10.3 Å². The highest BCUT2D eigenvalue weighted by Gasteiger charge is 2.41. The van der Waals surface area contributed by atoms with Crippen molar-refractivity contribution in [3.63, 3.8) is 0 Å². The summed E-state index contributed by atoms with van der Waals surface area (Å²) in [4.78, 5) is 17.9. The standard InChI is InChI=1S/C32H34ClFN4O/c1-37(22-31(39)36-27-13-14-30(34)29(33)20-27)32(15-17-38(18-16-32)28-7-2-3-8-28)26-11-9-24(10-12-26)25-6-4-5-23(19-25)21-35/h4-6,9-14,19-20,28H,2-3,7-8,15-18,22H2,1H3,(H,36,39). The van der Waals surface area contributed by atoms with E-state index in [0.29, 0.717) is 17.3 Å². The van der Waals surface area contributed by atoms with E-state index < -0.39 is 5.82 Å². The number of hydrogen-bond acceptors (Lipinski definition) is 4. The first-order valence-corrected chi connectivity index (χ1v) is 14.1. The van der Waals surface area contributed by atoms with Crippen LogP contribution in [0.1, 0.15) is 49.7 Å². The third-order valence-corrected chi connectivity index (χ3v) is 8.82. The number of nitrogens with one attached hydrogen (secondary N) is 1. The van der Waals surface area contributed by atoms with E-state index in [-0.39, 0.29) is 23.0 Å². The Morgan fingerprint density at radius 1 is 1.08 bits per heavy atom. The molecule has 1 heterocycles. The van der Waals surface area contributed by atoms with Gasteiger partial charge in [-0.3, -0.25) is 9.69 Å². The molecule has 0 spiro atoms. The smallest absolute Gasteiger partial charge is 0.238 e. The first kappa shape index (κ1) is 27.3. The molecular formula is C32H34ClFN4O. The van der Waals surface area contributed by atoms with E-state index >= 15 is 0 Å². The minimum Gasteiger partial charge on any atom is -0.325 e. The van der Waals surface area contributed by atoms with Crippen LogP contribution in [-0.4, -0.2) is 48.4 Å². The van der Waals surface area contributed by atoms with Gasteiger partial charge in [-0.2, -0.15) is 5.26 Å². The molecule has 1 N–H and O–H groups in total. The van der Waals surface area contributed by atoms with Crippen LogP contribution in [0.2, 0.25) is 5.02 Å². The number of hydrogen-bond donors (Lipinski definition) is 1. The van der Waals surface area contributed by atoms with Crippen LogP contribution in [0.5, 0.6) is 0 Å². The summed E-state index contributed by atoms with van der Waals surface area (Å²) in [5.74, 6) is -0.676. The Kier molecular flexibility index (Phi) is 8.32. The van der Waals surface area contributed by atoms with E-state index in [1.165, 1.54) is 49.4 Å². The summed E-state index contributed by atoms with van der Waals surface area (Å²) >= 11 is 5.91. The topological polar surface area (TPSA) is 59.4 Å². The number of nitrogens with zero attached hydrogens (tertiary/aromatic N) is 3. The minimum absolute atomic E-state index is 0.0164. The molecule has 0 bridgehead atoms. The zero-order valence-electron chi connectivity index (χ0n) is 22.3. The van der Waals surface area contributed by atoms with E-state index in [9.17, 15) is 14.4 Å². The monoisotopic (exact) mass is 544 g/mol. The third kappa shape index (κ3) is 6.01. The van der Waals surface area contributed by atoms with Crippen molar-refractivity contribution in [2.75, 3.05) is 32.0 Å². The quantitative estimate of drug-likeness (QED) is 0.354. The molecular weight excluding hydrogens is 511 g/mol. The van der Waals surface area contributed by atoms with E-state index in [2.05, 4.69) is 45.5 Å². The number of piperidine rings is 1. The highest BCUT2D eigenvalue weighted by Crippen LogP contribution is 2.40. The molecule has 0 aromatic heterocycles. The number of likely N-dealkylation sites (tertiary alicyclic amines) is 1. The molecule has 3 aromatic carbocycles. The fraction of sp³-hybridized carbons (Fsp3) is 0.375. The van der Waals surface area contributed by atoms with Gasteiger partial charge in [0.1, 0.15) is 5.82 Å². The van der Waals surface area contributed by atoms with Crippen molar-refractivity contribution < 1.29 is 9.18 Å². The molecule has 39 heavy (non-hydrogen) atoms. The Morgan fingerprint density at radius 2 is 1.79 bits per heavy atom. The predicted octanol–water partition coefficient (Wildman–Crippen LogP) is 6.82. The number of halogens is 2. The number of carbonyl (C=O) groups excluding carboxylic acids is 1. The number of benzene rings is 3. The molecule has 1 amide bonds. The average molecular weight is 545 g/mol. The highest BCUT2D eigenvalue weighted by molar-refractivity contribution is 6.31. The maximum Gasteiger partial charge on any atom is 0.238 e. The van der Waals surface area contributed by atoms with Crippen molar-refractivity contribution in [1.82, 2.24) is 9.80 Å². The molecule has 5 rings (SSSR count). The number of nitriles is 1. The van der Waals surface area contributed by atoms with Gasteiger partial charge in [-0.1, -0.05) is 60.8 Å². The lowest BCUT2D eigenvalue weighted by atomic mass is 9.78. The summed E-state index contributed by atoms with van der Waals surface area (Å²) in [5.41, 5.74) is 4.09. The van der Waals surface area contributed by atoms with Gasteiger partial charge in [0.15, 0.2) is 0 Å². The Bertz CT molecular complexity index is 1360. The predicted molar refractivity (Wildman–Crippen MR) is 154 cm³/mol. The van der Waals surface area contributed by atoms with Crippen molar-refractivity contribution in [1.29, 1.82) is 5.26 Å². The third-order valence-electron chi connectivity index (χ3n) is 8.53. The molecule has 1 aliphatic carbocycles. The summed E-state index contributed by atoms with van der Waals surface area (Å²) in [6, 6.07) is 23.3. The van der Waals surface area contributed by atoms with Crippen LogP contribution in [0.4, 0.5) is 10.1 Å². The summed E-state index contributed by atoms with van der Waals surface area (Å²) in [6.45, 7) is 2.19. The van der Waals surface area contributed by atoms with E-state index in [1.54, 1.807) is 0 Å². The number of amides is 1. The van der Waals surface area contributed by atoms with Crippen molar-refractivity contribution in [2.24, 2.45) is 0 Å². The average Bonchev–Trinajstić information content (AvgIpc) is 3.50. The van der Waals surface area contributed by atoms with Gasteiger partial charge in [0.05, 0.1) is 23.2 Å². The largest absolute Gasteiger partial charge is 0.325 e. The summed E-state index contributed by atoms with van der Waals surface area (Å²) in [5, 5.41) is 12.2. The molecule has 1 saturated heterocycles. The Hall–Kier alpha value is -3.24. The van der Waals surface area contributed by atoms with Gasteiger partial charge in [0.2, 0.25) is 5.91 Å². The molecule has 1 aliphatic heterocycles. The number of carbonyl (C=O) groups is 1. The maximum absolute atomic E-state index is 13.6. The molecule has 1 saturated carbocycles. The first-order chi connectivity index (χ1) is 18.9. The minimum atomic E-state index is -0.512. The van der Waals surface area contributed by atoms with Gasteiger partial charge < -0.3 is 10.2 Å². The number of rotatable bonds is 7. The van der Waals surface area contributed by atoms with Gasteiger partial charge in [-0.05, 0) is 79.8 Å². The second-order valence-corrected chi connectivity index (χ2v) is 11.2. The van der Waals surface area contributed by atoms with E-state index in [1.807, 2.05) is 31.3 Å². The van der Waals surface area contributed by atoms with E-state index in [0.717, 1.165) is 37.1 Å². The van der Waals surface area contributed by atoms with Gasteiger partial charge in [-0.15, -0.1) is 0 Å². The molecule has 5 nitrogen and oxygen atoms in total. The van der Waals surface area contributed by atoms with Crippen molar-refractivity contribution in [2.45, 2.75) is 50.1 Å². The van der Waals surface area contributed by atoms with Crippen LogP contribution in [0.3, 0.4) is 0 Å². The second-order valence-electron chi connectivity index (χ2n) is 10.8. The maximum atomic E-state index is 13.6. The van der Waals surface area contributed by atoms with Crippen LogP contribution < -0.4 is 5.32 Å². The van der Waals surface area contributed by atoms with Crippen LogP contribution in [0.15, 0.2) is 66.7 Å².